The summed E-state index contributed by atoms with van der Waals surface area (Å²) in [7, 11) is 1.53. The Morgan fingerprint density at radius 3 is 2.00 bits per heavy atom. The molecule has 27 heavy (non-hydrogen) atoms. The minimum Gasteiger partial charge on any atom is -0.493 e. The summed E-state index contributed by atoms with van der Waals surface area (Å²) in [6.07, 6.45) is 0. The largest absolute Gasteiger partial charge is 0.493 e. The summed E-state index contributed by atoms with van der Waals surface area (Å²) < 4.78 is 15.8. The van der Waals surface area contributed by atoms with Crippen LogP contribution >= 0.6 is 0 Å². The van der Waals surface area contributed by atoms with Crippen molar-refractivity contribution in [1.29, 1.82) is 0 Å². The van der Waals surface area contributed by atoms with Crippen LogP contribution in [0.4, 0.5) is 0 Å². The van der Waals surface area contributed by atoms with Gasteiger partial charge in [0, 0.05) is 11.1 Å². The van der Waals surface area contributed by atoms with Gasteiger partial charge in [-0.25, -0.2) is 4.79 Å². The summed E-state index contributed by atoms with van der Waals surface area (Å²) in [6, 6.07) is 22.4. The molecule has 3 aromatic rings. The Balaban J connectivity index is 1.58. The zero-order valence-electron chi connectivity index (χ0n) is 14.8. The average molecular weight is 362 g/mol. The maximum Gasteiger partial charge on any atom is 0.349 e. The lowest BCUT2D eigenvalue weighted by Gasteiger charge is -2.10. The van der Waals surface area contributed by atoms with Crippen LogP contribution in [0.15, 0.2) is 78.9 Å². The lowest BCUT2D eigenvalue weighted by molar-refractivity contribution is -0.136. The van der Waals surface area contributed by atoms with E-state index < -0.39 is 5.97 Å². The van der Waals surface area contributed by atoms with Gasteiger partial charge in [-0.05, 0) is 36.4 Å². The van der Waals surface area contributed by atoms with E-state index in [4.69, 9.17) is 14.2 Å². The maximum absolute atomic E-state index is 12.4. The van der Waals surface area contributed by atoms with Gasteiger partial charge in [0.1, 0.15) is 5.75 Å². The standard InChI is InChI=1S/C22H18O5/c1-25-19-9-5-6-10-20(19)26-15-21(23)27-18-13-11-17(12-14-18)22(24)16-7-3-2-4-8-16/h2-14H,15H2,1H3. The van der Waals surface area contributed by atoms with Crippen LogP contribution in [-0.4, -0.2) is 25.5 Å². The van der Waals surface area contributed by atoms with E-state index in [0.29, 0.717) is 28.4 Å². The molecule has 0 unspecified atom stereocenters. The van der Waals surface area contributed by atoms with Gasteiger partial charge in [0.2, 0.25) is 0 Å². The normalized spacial score (nSPS) is 10.1. The Hall–Kier alpha value is -3.60. The lowest BCUT2D eigenvalue weighted by Crippen LogP contribution is -2.18. The van der Waals surface area contributed by atoms with Gasteiger partial charge >= 0.3 is 5.97 Å². The van der Waals surface area contributed by atoms with E-state index in [1.165, 1.54) is 7.11 Å². The Morgan fingerprint density at radius 2 is 1.33 bits per heavy atom. The van der Waals surface area contributed by atoms with Gasteiger partial charge < -0.3 is 14.2 Å². The van der Waals surface area contributed by atoms with Gasteiger partial charge in [-0.2, -0.15) is 0 Å². The fourth-order valence-corrected chi connectivity index (χ4v) is 2.47. The van der Waals surface area contributed by atoms with Crippen LogP contribution in [0.3, 0.4) is 0 Å². The molecule has 0 N–H and O–H groups in total. The summed E-state index contributed by atoms with van der Waals surface area (Å²) in [6.45, 7) is -0.259. The van der Waals surface area contributed by atoms with Crippen molar-refractivity contribution in [3.8, 4) is 17.2 Å². The third-order valence-electron chi connectivity index (χ3n) is 3.80. The highest BCUT2D eigenvalue weighted by Crippen LogP contribution is 2.25. The fraction of sp³-hybridized carbons (Fsp3) is 0.0909. The van der Waals surface area contributed by atoms with Gasteiger partial charge in [0.05, 0.1) is 7.11 Å². The number of carbonyl (C=O) groups is 2. The second-order valence-electron chi connectivity index (χ2n) is 5.63. The molecule has 0 bridgehead atoms. The molecule has 0 atom stereocenters. The highest BCUT2D eigenvalue weighted by Gasteiger charge is 2.11. The number of benzene rings is 3. The van der Waals surface area contributed by atoms with E-state index >= 15 is 0 Å². The summed E-state index contributed by atoms with van der Waals surface area (Å²) in [5.74, 6) is 0.694. The molecule has 136 valence electrons. The number of rotatable bonds is 7. The van der Waals surface area contributed by atoms with Crippen molar-refractivity contribution in [2.45, 2.75) is 0 Å². The molecule has 3 rings (SSSR count). The first-order chi connectivity index (χ1) is 13.2. The fourth-order valence-electron chi connectivity index (χ4n) is 2.47. The van der Waals surface area contributed by atoms with E-state index in [9.17, 15) is 9.59 Å². The first-order valence-corrected chi connectivity index (χ1v) is 8.33. The number of ether oxygens (including phenoxy) is 3. The Labute approximate surface area is 157 Å². The predicted molar refractivity (Wildman–Crippen MR) is 100 cm³/mol. The maximum atomic E-state index is 12.4. The molecule has 0 heterocycles. The third-order valence-corrected chi connectivity index (χ3v) is 3.80. The van der Waals surface area contributed by atoms with E-state index in [1.54, 1.807) is 54.6 Å². The number of hydrogen-bond donors (Lipinski definition) is 0. The zero-order valence-corrected chi connectivity index (χ0v) is 14.8. The van der Waals surface area contributed by atoms with Gasteiger partial charge in [-0.15, -0.1) is 0 Å². The Morgan fingerprint density at radius 1 is 0.741 bits per heavy atom. The molecule has 0 amide bonds. The van der Waals surface area contributed by atoms with Crippen LogP contribution in [0.25, 0.3) is 0 Å². The quantitative estimate of drug-likeness (QED) is 0.362. The molecule has 0 saturated heterocycles. The number of ketones is 1. The molecule has 0 aromatic heterocycles. The number of esters is 1. The molecule has 3 aromatic carbocycles. The first-order valence-electron chi connectivity index (χ1n) is 8.33. The summed E-state index contributed by atoms with van der Waals surface area (Å²) in [5.41, 5.74) is 1.12. The third kappa shape index (κ3) is 4.73. The summed E-state index contributed by atoms with van der Waals surface area (Å²) >= 11 is 0. The molecule has 0 saturated carbocycles. The van der Waals surface area contributed by atoms with Crippen molar-refractivity contribution in [3.63, 3.8) is 0 Å². The van der Waals surface area contributed by atoms with E-state index in [1.807, 2.05) is 24.3 Å². The van der Waals surface area contributed by atoms with Crippen LogP contribution in [0.5, 0.6) is 17.2 Å². The first kappa shape index (κ1) is 18.2. The molecule has 0 aliphatic rings. The summed E-state index contributed by atoms with van der Waals surface area (Å²) in [4.78, 5) is 24.3. The number of methoxy groups -OCH3 is 1. The minimum atomic E-state index is -0.553. The molecular formula is C22H18O5. The topological polar surface area (TPSA) is 61.8 Å². The van der Waals surface area contributed by atoms with Crippen molar-refractivity contribution < 1.29 is 23.8 Å². The van der Waals surface area contributed by atoms with E-state index in [-0.39, 0.29) is 12.4 Å². The van der Waals surface area contributed by atoms with Crippen LogP contribution in [0, 0.1) is 0 Å². The smallest absolute Gasteiger partial charge is 0.349 e. The van der Waals surface area contributed by atoms with Gasteiger partial charge in [-0.3, -0.25) is 4.79 Å². The monoisotopic (exact) mass is 362 g/mol. The number of hydrogen-bond acceptors (Lipinski definition) is 5. The SMILES string of the molecule is COc1ccccc1OCC(=O)Oc1ccc(C(=O)c2ccccc2)cc1. The second-order valence-corrected chi connectivity index (χ2v) is 5.63. The molecule has 0 aliphatic heterocycles. The predicted octanol–water partition coefficient (Wildman–Crippen LogP) is 3.91. The van der Waals surface area contributed by atoms with Crippen molar-refractivity contribution in [2.75, 3.05) is 13.7 Å². The molecule has 0 radical (unpaired) electrons. The van der Waals surface area contributed by atoms with Crippen molar-refractivity contribution in [2.24, 2.45) is 0 Å². The minimum absolute atomic E-state index is 0.0898. The Kier molecular flexibility index (Phi) is 5.84. The van der Waals surface area contributed by atoms with E-state index in [2.05, 4.69) is 0 Å². The highest BCUT2D eigenvalue weighted by atomic mass is 16.6. The number of para-hydroxylation sites is 2. The Bertz CT molecular complexity index is 917. The molecule has 0 aliphatic carbocycles. The molecule has 5 heteroatoms. The zero-order chi connectivity index (χ0) is 19.1. The van der Waals surface area contributed by atoms with Crippen molar-refractivity contribution in [1.82, 2.24) is 0 Å². The van der Waals surface area contributed by atoms with Crippen LogP contribution < -0.4 is 14.2 Å². The van der Waals surface area contributed by atoms with Crippen LogP contribution in [0.2, 0.25) is 0 Å². The van der Waals surface area contributed by atoms with Crippen molar-refractivity contribution in [3.05, 3.63) is 90.0 Å². The lowest BCUT2D eigenvalue weighted by atomic mass is 10.0. The van der Waals surface area contributed by atoms with Gasteiger partial charge in [0.25, 0.3) is 0 Å². The molecule has 0 fully saturated rings. The average Bonchev–Trinajstić information content (AvgIpc) is 2.73. The van der Waals surface area contributed by atoms with E-state index in [0.717, 1.165) is 0 Å². The number of carbonyl (C=O) groups excluding carboxylic acids is 2. The molecule has 0 spiro atoms. The van der Waals surface area contributed by atoms with Crippen LogP contribution in [0.1, 0.15) is 15.9 Å². The summed E-state index contributed by atoms with van der Waals surface area (Å²) in [5, 5.41) is 0. The molecule has 5 nitrogen and oxygen atoms in total. The van der Waals surface area contributed by atoms with Gasteiger partial charge in [-0.1, -0.05) is 42.5 Å². The second kappa shape index (κ2) is 8.67. The highest BCUT2D eigenvalue weighted by molar-refractivity contribution is 6.09. The van der Waals surface area contributed by atoms with Crippen LogP contribution in [-0.2, 0) is 4.79 Å². The van der Waals surface area contributed by atoms with Crippen molar-refractivity contribution >= 4 is 11.8 Å². The molecular weight excluding hydrogens is 344 g/mol. The van der Waals surface area contributed by atoms with Gasteiger partial charge in [0.15, 0.2) is 23.9 Å².